The van der Waals surface area contributed by atoms with Gasteiger partial charge >= 0.3 is 0 Å². The number of benzene rings is 2. The molecule has 2 rings (SSSR count). The summed E-state index contributed by atoms with van der Waals surface area (Å²) in [6, 6.07) is 14.9. The van der Waals surface area contributed by atoms with Gasteiger partial charge in [0.15, 0.2) is 0 Å². The van der Waals surface area contributed by atoms with Crippen molar-refractivity contribution >= 4 is 21.6 Å². The summed E-state index contributed by atoms with van der Waals surface area (Å²) < 4.78 is 1.06. The Morgan fingerprint density at radius 2 is 1.75 bits per heavy atom. The largest absolute Gasteiger partial charge is 0.298 e. The maximum atomic E-state index is 10.7. The Kier molecular flexibility index (Phi) is 4.87. The second-order valence-corrected chi connectivity index (χ2v) is 5.64. The van der Waals surface area contributed by atoms with Crippen LogP contribution in [0.5, 0.6) is 0 Å². The van der Waals surface area contributed by atoms with Crippen molar-refractivity contribution < 1.29 is 4.92 Å². The fraction of sp³-hybridized carbons (Fsp3) is 0.200. The lowest BCUT2D eigenvalue weighted by atomic mass is 10.1. The van der Waals surface area contributed by atoms with E-state index in [9.17, 15) is 10.1 Å². The van der Waals surface area contributed by atoms with Gasteiger partial charge in [-0.3, -0.25) is 15.0 Å². The molecule has 0 saturated carbocycles. The van der Waals surface area contributed by atoms with Crippen LogP contribution in [0.25, 0.3) is 0 Å². The zero-order valence-electron chi connectivity index (χ0n) is 11.1. The lowest BCUT2D eigenvalue weighted by molar-refractivity contribution is -0.384. The standard InChI is InChI=1S/C15H15BrN2O2/c1-17(10-12-5-7-14(16)8-6-12)11-13-3-2-4-15(9-13)18(19)20/h2-9H,10-11H2,1H3. The molecule has 2 aromatic rings. The van der Waals surface area contributed by atoms with Crippen molar-refractivity contribution in [1.29, 1.82) is 0 Å². The molecular formula is C15H15BrN2O2. The van der Waals surface area contributed by atoms with E-state index < -0.39 is 0 Å². The van der Waals surface area contributed by atoms with Gasteiger partial charge in [-0.2, -0.15) is 0 Å². The molecule has 4 nitrogen and oxygen atoms in total. The normalized spacial score (nSPS) is 10.8. The first-order chi connectivity index (χ1) is 9.54. The van der Waals surface area contributed by atoms with Crippen molar-refractivity contribution in [3.8, 4) is 0 Å². The highest BCUT2D eigenvalue weighted by atomic mass is 79.9. The summed E-state index contributed by atoms with van der Waals surface area (Å²) in [6.45, 7) is 1.48. The van der Waals surface area contributed by atoms with E-state index in [-0.39, 0.29) is 10.6 Å². The lowest BCUT2D eigenvalue weighted by Crippen LogP contribution is -2.17. The van der Waals surface area contributed by atoms with Crippen LogP contribution in [0.1, 0.15) is 11.1 Å². The van der Waals surface area contributed by atoms with Gasteiger partial charge in [-0.1, -0.05) is 40.2 Å². The first kappa shape index (κ1) is 14.7. The molecule has 5 heteroatoms. The van der Waals surface area contributed by atoms with Crippen LogP contribution in [0.4, 0.5) is 5.69 Å². The molecule has 0 bridgehead atoms. The third kappa shape index (κ3) is 4.15. The fourth-order valence-electron chi connectivity index (χ4n) is 2.04. The molecule has 0 radical (unpaired) electrons. The summed E-state index contributed by atoms with van der Waals surface area (Å²) in [4.78, 5) is 12.5. The van der Waals surface area contributed by atoms with Gasteiger partial charge < -0.3 is 0 Å². The summed E-state index contributed by atoms with van der Waals surface area (Å²) in [5.74, 6) is 0. The van der Waals surface area contributed by atoms with E-state index in [2.05, 4.69) is 33.0 Å². The second kappa shape index (κ2) is 6.63. The third-order valence-corrected chi connectivity index (χ3v) is 3.47. The maximum Gasteiger partial charge on any atom is 0.269 e. The van der Waals surface area contributed by atoms with E-state index in [0.29, 0.717) is 6.54 Å². The molecule has 0 aromatic heterocycles. The second-order valence-electron chi connectivity index (χ2n) is 4.73. The fourth-order valence-corrected chi connectivity index (χ4v) is 2.30. The van der Waals surface area contributed by atoms with Gasteiger partial charge in [0, 0.05) is 29.7 Å². The number of nitrogens with zero attached hydrogens (tertiary/aromatic N) is 2. The highest BCUT2D eigenvalue weighted by Gasteiger charge is 2.07. The number of rotatable bonds is 5. The number of nitro benzene ring substituents is 1. The topological polar surface area (TPSA) is 46.4 Å². The van der Waals surface area contributed by atoms with Crippen LogP contribution in [0.3, 0.4) is 0 Å². The summed E-state index contributed by atoms with van der Waals surface area (Å²) >= 11 is 3.41. The lowest BCUT2D eigenvalue weighted by Gasteiger charge is -2.16. The van der Waals surface area contributed by atoms with Crippen LogP contribution in [-0.4, -0.2) is 16.9 Å². The number of halogens is 1. The van der Waals surface area contributed by atoms with Crippen molar-refractivity contribution in [2.45, 2.75) is 13.1 Å². The van der Waals surface area contributed by atoms with E-state index in [1.54, 1.807) is 12.1 Å². The van der Waals surface area contributed by atoms with E-state index >= 15 is 0 Å². The zero-order valence-corrected chi connectivity index (χ0v) is 12.7. The van der Waals surface area contributed by atoms with Crippen molar-refractivity contribution in [3.05, 3.63) is 74.2 Å². The molecule has 0 aliphatic heterocycles. The van der Waals surface area contributed by atoms with E-state index in [1.165, 1.54) is 11.6 Å². The predicted molar refractivity (Wildman–Crippen MR) is 82.4 cm³/mol. The molecule has 0 amide bonds. The Morgan fingerprint density at radius 3 is 2.40 bits per heavy atom. The summed E-state index contributed by atoms with van der Waals surface area (Å²) in [6.07, 6.45) is 0. The summed E-state index contributed by atoms with van der Waals surface area (Å²) in [5.41, 5.74) is 2.29. The molecule has 0 aliphatic carbocycles. The Balaban J connectivity index is 2.00. The summed E-state index contributed by atoms with van der Waals surface area (Å²) in [7, 11) is 2.00. The van der Waals surface area contributed by atoms with E-state index in [1.807, 2.05) is 25.2 Å². The molecule has 104 valence electrons. The van der Waals surface area contributed by atoms with Crippen LogP contribution in [-0.2, 0) is 13.1 Å². The van der Waals surface area contributed by atoms with E-state index in [0.717, 1.165) is 16.6 Å². The first-order valence-electron chi connectivity index (χ1n) is 6.21. The average molecular weight is 335 g/mol. The number of non-ortho nitro benzene ring substituents is 1. The van der Waals surface area contributed by atoms with Crippen molar-refractivity contribution in [2.75, 3.05) is 7.05 Å². The summed E-state index contributed by atoms with van der Waals surface area (Å²) in [5, 5.41) is 10.7. The SMILES string of the molecule is CN(Cc1ccc(Br)cc1)Cc1cccc([N+](=O)[O-])c1. The van der Waals surface area contributed by atoms with Crippen LogP contribution in [0.2, 0.25) is 0 Å². The van der Waals surface area contributed by atoms with Crippen molar-refractivity contribution in [3.63, 3.8) is 0 Å². The Hall–Kier alpha value is -1.72. The smallest absolute Gasteiger partial charge is 0.269 e. The van der Waals surface area contributed by atoms with Gasteiger partial charge in [0.1, 0.15) is 0 Å². The molecule has 0 fully saturated rings. The Bertz CT molecular complexity index is 599. The monoisotopic (exact) mass is 334 g/mol. The molecule has 0 spiro atoms. The van der Waals surface area contributed by atoms with Crippen LogP contribution >= 0.6 is 15.9 Å². The Morgan fingerprint density at radius 1 is 1.10 bits per heavy atom. The minimum atomic E-state index is -0.363. The van der Waals surface area contributed by atoms with Crippen LogP contribution in [0.15, 0.2) is 53.0 Å². The maximum absolute atomic E-state index is 10.7. The number of hydrogen-bond acceptors (Lipinski definition) is 3. The average Bonchev–Trinajstić information content (AvgIpc) is 2.41. The molecule has 0 unspecified atom stereocenters. The third-order valence-electron chi connectivity index (χ3n) is 2.94. The molecular weight excluding hydrogens is 320 g/mol. The molecule has 20 heavy (non-hydrogen) atoms. The van der Waals surface area contributed by atoms with Gasteiger partial charge in [-0.05, 0) is 30.3 Å². The van der Waals surface area contributed by atoms with Gasteiger partial charge in [0.05, 0.1) is 4.92 Å². The highest BCUT2D eigenvalue weighted by Crippen LogP contribution is 2.16. The minimum absolute atomic E-state index is 0.138. The van der Waals surface area contributed by atoms with Gasteiger partial charge in [0.25, 0.3) is 5.69 Å². The molecule has 0 heterocycles. The molecule has 2 aromatic carbocycles. The zero-order chi connectivity index (χ0) is 14.5. The van der Waals surface area contributed by atoms with Gasteiger partial charge in [-0.15, -0.1) is 0 Å². The first-order valence-corrected chi connectivity index (χ1v) is 7.00. The molecule has 0 N–H and O–H groups in total. The highest BCUT2D eigenvalue weighted by molar-refractivity contribution is 9.10. The minimum Gasteiger partial charge on any atom is -0.298 e. The quantitative estimate of drug-likeness (QED) is 0.613. The van der Waals surface area contributed by atoms with Crippen molar-refractivity contribution in [2.24, 2.45) is 0 Å². The molecule has 0 atom stereocenters. The number of nitro groups is 1. The molecule has 0 aliphatic rings. The predicted octanol–water partition coefficient (Wildman–Crippen LogP) is 3.99. The van der Waals surface area contributed by atoms with Gasteiger partial charge in [0.2, 0.25) is 0 Å². The van der Waals surface area contributed by atoms with Crippen molar-refractivity contribution in [1.82, 2.24) is 4.90 Å². The Labute approximate surface area is 126 Å². The van der Waals surface area contributed by atoms with Gasteiger partial charge in [-0.25, -0.2) is 0 Å². The van der Waals surface area contributed by atoms with Crippen LogP contribution in [0, 0.1) is 10.1 Å². The van der Waals surface area contributed by atoms with E-state index in [4.69, 9.17) is 0 Å². The molecule has 0 saturated heterocycles. The number of hydrogen-bond donors (Lipinski definition) is 0. The van der Waals surface area contributed by atoms with Crippen LogP contribution < -0.4 is 0 Å².